The number of carbonyl (C=O) groups excluding carboxylic acids is 1. The Kier molecular flexibility index (Phi) is 6.98. The van der Waals surface area contributed by atoms with Crippen LogP contribution >= 0.6 is 11.3 Å². The van der Waals surface area contributed by atoms with Gasteiger partial charge in [0.1, 0.15) is 11.5 Å². The third-order valence-electron chi connectivity index (χ3n) is 3.20. The van der Waals surface area contributed by atoms with E-state index in [2.05, 4.69) is 15.6 Å². The summed E-state index contributed by atoms with van der Waals surface area (Å²) in [4.78, 5) is 16.3. The normalized spacial score (nSPS) is 10.5. The monoisotopic (exact) mass is 351 g/mol. The molecule has 0 radical (unpaired) electrons. The molecule has 0 saturated heterocycles. The van der Waals surface area contributed by atoms with Crippen molar-refractivity contribution in [3.63, 3.8) is 0 Å². The van der Waals surface area contributed by atoms with Gasteiger partial charge in [-0.15, -0.1) is 11.3 Å². The lowest BCUT2D eigenvalue weighted by molar-refractivity contribution is -0.115. The summed E-state index contributed by atoms with van der Waals surface area (Å²) < 4.78 is 15.5. The standard InChI is InChI=1S/C16H21N3O4S/c1-21-7-6-17-9-15(20)19-16-18-13(10-24-16)12-8-11(22-2)4-5-14(12)23-3/h4-5,8,10,17H,6-7,9H2,1-3H3,(H,18,19,20). The Morgan fingerprint density at radius 1 is 1.25 bits per heavy atom. The van der Waals surface area contributed by atoms with Crippen LogP contribution in [0.4, 0.5) is 5.13 Å². The zero-order valence-corrected chi connectivity index (χ0v) is 14.7. The molecule has 0 aliphatic rings. The smallest absolute Gasteiger partial charge is 0.240 e. The quantitative estimate of drug-likeness (QED) is 0.673. The molecule has 7 nitrogen and oxygen atoms in total. The second-order valence-corrected chi connectivity index (χ2v) is 5.68. The van der Waals surface area contributed by atoms with Crippen molar-refractivity contribution in [2.45, 2.75) is 0 Å². The van der Waals surface area contributed by atoms with Crippen LogP contribution in [-0.4, -0.2) is 51.9 Å². The van der Waals surface area contributed by atoms with Crippen LogP contribution in [0.1, 0.15) is 0 Å². The van der Waals surface area contributed by atoms with Crippen molar-refractivity contribution in [2.75, 3.05) is 46.3 Å². The number of thiazole rings is 1. The van der Waals surface area contributed by atoms with Gasteiger partial charge < -0.3 is 24.8 Å². The van der Waals surface area contributed by atoms with Gasteiger partial charge in [-0.3, -0.25) is 4.79 Å². The molecule has 1 heterocycles. The number of hydrogen-bond donors (Lipinski definition) is 2. The zero-order chi connectivity index (χ0) is 17.4. The summed E-state index contributed by atoms with van der Waals surface area (Å²) in [6.45, 7) is 1.39. The average molecular weight is 351 g/mol. The minimum absolute atomic E-state index is 0.149. The number of amides is 1. The van der Waals surface area contributed by atoms with E-state index < -0.39 is 0 Å². The maximum Gasteiger partial charge on any atom is 0.240 e. The van der Waals surface area contributed by atoms with Gasteiger partial charge in [0.15, 0.2) is 5.13 Å². The van der Waals surface area contributed by atoms with Crippen LogP contribution in [0.25, 0.3) is 11.3 Å². The number of methoxy groups -OCH3 is 3. The number of carbonyl (C=O) groups is 1. The lowest BCUT2D eigenvalue weighted by atomic mass is 10.1. The molecule has 0 fully saturated rings. The molecular formula is C16H21N3O4S. The molecule has 130 valence electrons. The Hall–Kier alpha value is -2.16. The molecule has 0 unspecified atom stereocenters. The van der Waals surface area contributed by atoms with Gasteiger partial charge in [0.05, 0.1) is 33.1 Å². The molecule has 8 heteroatoms. The fourth-order valence-electron chi connectivity index (χ4n) is 2.01. The molecule has 0 saturated carbocycles. The molecule has 0 aliphatic carbocycles. The Bertz CT molecular complexity index is 675. The van der Waals surface area contributed by atoms with Crippen molar-refractivity contribution in [3.05, 3.63) is 23.6 Å². The summed E-state index contributed by atoms with van der Waals surface area (Å²) in [5.41, 5.74) is 1.53. The molecule has 0 aliphatic heterocycles. The highest BCUT2D eigenvalue weighted by molar-refractivity contribution is 7.14. The van der Waals surface area contributed by atoms with Crippen LogP contribution in [0, 0.1) is 0 Å². The van der Waals surface area contributed by atoms with Crippen LogP contribution < -0.4 is 20.1 Å². The van der Waals surface area contributed by atoms with E-state index in [-0.39, 0.29) is 12.5 Å². The van der Waals surface area contributed by atoms with E-state index >= 15 is 0 Å². The average Bonchev–Trinajstić information content (AvgIpc) is 3.06. The molecule has 1 aromatic heterocycles. The van der Waals surface area contributed by atoms with Crippen LogP contribution in [0.2, 0.25) is 0 Å². The van der Waals surface area contributed by atoms with Crippen molar-refractivity contribution in [2.24, 2.45) is 0 Å². The van der Waals surface area contributed by atoms with Crippen molar-refractivity contribution >= 4 is 22.4 Å². The van der Waals surface area contributed by atoms with Crippen LogP contribution in [0.5, 0.6) is 11.5 Å². The summed E-state index contributed by atoms with van der Waals surface area (Å²) in [6, 6.07) is 5.50. The molecule has 0 bridgehead atoms. The first-order chi connectivity index (χ1) is 11.7. The molecule has 1 aromatic carbocycles. The van der Waals surface area contributed by atoms with Crippen molar-refractivity contribution in [1.82, 2.24) is 10.3 Å². The lowest BCUT2D eigenvalue weighted by Gasteiger charge is -2.08. The first kappa shape index (κ1) is 18.2. The Morgan fingerprint density at radius 3 is 2.79 bits per heavy atom. The first-order valence-electron chi connectivity index (χ1n) is 7.35. The highest BCUT2D eigenvalue weighted by Gasteiger charge is 2.12. The number of ether oxygens (including phenoxy) is 3. The molecule has 24 heavy (non-hydrogen) atoms. The highest BCUT2D eigenvalue weighted by Crippen LogP contribution is 2.34. The summed E-state index contributed by atoms with van der Waals surface area (Å²) in [5.74, 6) is 1.26. The van der Waals surface area contributed by atoms with E-state index in [1.54, 1.807) is 21.3 Å². The SMILES string of the molecule is COCCNCC(=O)Nc1nc(-c2cc(OC)ccc2OC)cs1. The van der Waals surface area contributed by atoms with Gasteiger partial charge in [0.2, 0.25) is 5.91 Å². The molecule has 2 rings (SSSR count). The van der Waals surface area contributed by atoms with Gasteiger partial charge in [0.25, 0.3) is 0 Å². The topological polar surface area (TPSA) is 81.7 Å². The van der Waals surface area contributed by atoms with Crippen molar-refractivity contribution in [1.29, 1.82) is 0 Å². The fraction of sp³-hybridized carbons (Fsp3) is 0.375. The van der Waals surface area contributed by atoms with Crippen molar-refractivity contribution in [3.8, 4) is 22.8 Å². The lowest BCUT2D eigenvalue weighted by Crippen LogP contribution is -2.30. The minimum atomic E-state index is -0.149. The summed E-state index contributed by atoms with van der Waals surface area (Å²) >= 11 is 1.36. The van der Waals surface area contributed by atoms with Crippen LogP contribution in [0.15, 0.2) is 23.6 Å². The Morgan fingerprint density at radius 2 is 2.08 bits per heavy atom. The molecule has 2 aromatic rings. The van der Waals surface area contributed by atoms with E-state index in [0.717, 1.165) is 11.3 Å². The number of anilines is 1. The molecule has 2 N–H and O–H groups in total. The van der Waals surface area contributed by atoms with Crippen LogP contribution in [-0.2, 0) is 9.53 Å². The summed E-state index contributed by atoms with van der Waals surface area (Å²) in [7, 11) is 4.83. The third-order valence-corrected chi connectivity index (χ3v) is 3.96. The van der Waals surface area contributed by atoms with E-state index in [1.165, 1.54) is 11.3 Å². The Balaban J connectivity index is 2.04. The van der Waals surface area contributed by atoms with Gasteiger partial charge in [0, 0.05) is 24.6 Å². The molecule has 0 atom stereocenters. The third kappa shape index (κ3) is 4.92. The molecule has 1 amide bonds. The van der Waals surface area contributed by atoms with E-state index in [0.29, 0.717) is 29.8 Å². The van der Waals surface area contributed by atoms with E-state index in [4.69, 9.17) is 14.2 Å². The number of hydrogen-bond acceptors (Lipinski definition) is 7. The van der Waals surface area contributed by atoms with Crippen molar-refractivity contribution < 1.29 is 19.0 Å². The maximum atomic E-state index is 11.9. The number of rotatable bonds is 9. The summed E-state index contributed by atoms with van der Waals surface area (Å²) in [6.07, 6.45) is 0. The van der Waals surface area contributed by atoms with Gasteiger partial charge in [-0.1, -0.05) is 0 Å². The predicted octanol–water partition coefficient (Wildman–Crippen LogP) is 2.00. The second kappa shape index (κ2) is 9.21. The summed E-state index contributed by atoms with van der Waals surface area (Å²) in [5, 5.41) is 8.15. The zero-order valence-electron chi connectivity index (χ0n) is 13.9. The molecule has 0 spiro atoms. The fourth-order valence-corrected chi connectivity index (χ4v) is 2.74. The van der Waals surface area contributed by atoms with Gasteiger partial charge >= 0.3 is 0 Å². The first-order valence-corrected chi connectivity index (χ1v) is 8.23. The Labute approximate surface area is 145 Å². The number of benzene rings is 1. The predicted molar refractivity (Wildman–Crippen MR) is 94.0 cm³/mol. The van der Waals surface area contributed by atoms with Gasteiger partial charge in [-0.05, 0) is 18.2 Å². The highest BCUT2D eigenvalue weighted by atomic mass is 32.1. The number of nitrogens with zero attached hydrogens (tertiary/aromatic N) is 1. The van der Waals surface area contributed by atoms with Crippen LogP contribution in [0.3, 0.4) is 0 Å². The minimum Gasteiger partial charge on any atom is -0.497 e. The largest absolute Gasteiger partial charge is 0.497 e. The van der Waals surface area contributed by atoms with E-state index in [1.807, 2.05) is 23.6 Å². The molecular weight excluding hydrogens is 330 g/mol. The number of nitrogens with one attached hydrogen (secondary N) is 2. The van der Waals surface area contributed by atoms with E-state index in [9.17, 15) is 4.79 Å². The maximum absolute atomic E-state index is 11.9. The second-order valence-electron chi connectivity index (χ2n) is 4.82. The van der Waals surface area contributed by atoms with Gasteiger partial charge in [-0.2, -0.15) is 0 Å². The van der Waals surface area contributed by atoms with Gasteiger partial charge in [-0.25, -0.2) is 4.98 Å². The number of aromatic nitrogens is 1.